The van der Waals surface area contributed by atoms with Crippen molar-refractivity contribution >= 4 is 11.8 Å². The first-order valence-corrected chi connectivity index (χ1v) is 9.51. The van der Waals surface area contributed by atoms with Crippen LogP contribution in [0.4, 0.5) is 0 Å². The van der Waals surface area contributed by atoms with Crippen molar-refractivity contribution in [2.75, 3.05) is 33.3 Å². The maximum Gasteiger partial charge on any atom is 0.227 e. The van der Waals surface area contributed by atoms with E-state index in [2.05, 4.69) is 19.9 Å². The average Bonchev–Trinajstić information content (AvgIpc) is 2.82. The summed E-state index contributed by atoms with van der Waals surface area (Å²) in [6, 6.07) is 4.06. The summed E-state index contributed by atoms with van der Waals surface area (Å²) in [5.41, 5.74) is 3.17. The largest absolute Gasteiger partial charge is 0.496 e. The summed E-state index contributed by atoms with van der Waals surface area (Å²) < 4.78 is 5.48. The summed E-state index contributed by atoms with van der Waals surface area (Å²) in [6.45, 7) is 10.8. The molecule has 0 N–H and O–H groups in total. The number of amides is 2. The molecule has 5 nitrogen and oxygen atoms in total. The minimum Gasteiger partial charge on any atom is -0.496 e. The molecule has 0 aromatic heterocycles. The van der Waals surface area contributed by atoms with Crippen molar-refractivity contribution in [2.45, 2.75) is 47.0 Å². The van der Waals surface area contributed by atoms with Gasteiger partial charge >= 0.3 is 0 Å². The Hall–Kier alpha value is -2.04. The maximum atomic E-state index is 12.8. The molecule has 0 radical (unpaired) electrons. The number of hydrogen-bond donors (Lipinski definition) is 0. The van der Waals surface area contributed by atoms with Gasteiger partial charge in [0.15, 0.2) is 0 Å². The van der Waals surface area contributed by atoms with Gasteiger partial charge in [-0.2, -0.15) is 0 Å². The molecule has 26 heavy (non-hydrogen) atoms. The van der Waals surface area contributed by atoms with E-state index < -0.39 is 0 Å². The molecular formula is C21H32N2O3. The Kier molecular flexibility index (Phi) is 7.06. The van der Waals surface area contributed by atoms with Gasteiger partial charge in [-0.1, -0.05) is 19.9 Å². The smallest absolute Gasteiger partial charge is 0.227 e. The number of ether oxygens (including phenoxy) is 1. The highest BCUT2D eigenvalue weighted by molar-refractivity contribution is 5.80. The highest BCUT2D eigenvalue weighted by atomic mass is 16.5. The Morgan fingerprint density at radius 2 is 1.65 bits per heavy atom. The first-order chi connectivity index (χ1) is 12.3. The molecule has 0 aliphatic carbocycles. The van der Waals surface area contributed by atoms with Gasteiger partial charge in [-0.15, -0.1) is 0 Å². The highest BCUT2D eigenvalue weighted by Crippen LogP contribution is 2.25. The van der Waals surface area contributed by atoms with Gasteiger partial charge < -0.3 is 14.5 Å². The van der Waals surface area contributed by atoms with E-state index in [4.69, 9.17) is 4.74 Å². The van der Waals surface area contributed by atoms with E-state index in [0.29, 0.717) is 38.4 Å². The van der Waals surface area contributed by atoms with E-state index in [1.165, 1.54) is 0 Å². The van der Waals surface area contributed by atoms with Crippen LogP contribution in [-0.2, 0) is 16.0 Å². The van der Waals surface area contributed by atoms with Crippen molar-refractivity contribution in [3.63, 3.8) is 0 Å². The predicted octanol–water partition coefficient (Wildman–Crippen LogP) is 2.96. The van der Waals surface area contributed by atoms with E-state index in [-0.39, 0.29) is 11.8 Å². The number of aryl methyl sites for hydroxylation is 2. The zero-order valence-electron chi connectivity index (χ0n) is 16.8. The number of benzene rings is 1. The molecule has 1 saturated heterocycles. The lowest BCUT2D eigenvalue weighted by Gasteiger charge is -2.23. The first-order valence-electron chi connectivity index (χ1n) is 9.51. The molecule has 0 atom stereocenters. The lowest BCUT2D eigenvalue weighted by atomic mass is 10.0. The molecule has 0 saturated carbocycles. The van der Waals surface area contributed by atoms with E-state index in [0.717, 1.165) is 35.4 Å². The summed E-state index contributed by atoms with van der Waals surface area (Å²) >= 11 is 0. The molecule has 0 spiro atoms. The van der Waals surface area contributed by atoms with Crippen molar-refractivity contribution in [3.8, 4) is 5.75 Å². The van der Waals surface area contributed by atoms with Crippen molar-refractivity contribution in [1.82, 2.24) is 9.80 Å². The van der Waals surface area contributed by atoms with Crippen LogP contribution >= 0.6 is 0 Å². The number of methoxy groups -OCH3 is 1. The lowest BCUT2D eigenvalue weighted by molar-refractivity contribution is -0.133. The predicted molar refractivity (Wildman–Crippen MR) is 103 cm³/mol. The fourth-order valence-electron chi connectivity index (χ4n) is 3.52. The van der Waals surface area contributed by atoms with E-state index in [1.807, 2.05) is 29.7 Å². The van der Waals surface area contributed by atoms with Crippen LogP contribution in [0.5, 0.6) is 5.75 Å². The summed E-state index contributed by atoms with van der Waals surface area (Å²) in [5, 5.41) is 0. The minimum atomic E-state index is 0.105. The van der Waals surface area contributed by atoms with Gasteiger partial charge in [-0.05, 0) is 43.4 Å². The Morgan fingerprint density at radius 3 is 2.23 bits per heavy atom. The quantitative estimate of drug-likeness (QED) is 0.811. The van der Waals surface area contributed by atoms with Crippen molar-refractivity contribution in [2.24, 2.45) is 5.92 Å². The minimum absolute atomic E-state index is 0.105. The molecule has 144 valence electrons. The third-order valence-corrected chi connectivity index (χ3v) is 4.91. The van der Waals surface area contributed by atoms with Crippen LogP contribution < -0.4 is 4.74 Å². The van der Waals surface area contributed by atoms with Crippen LogP contribution in [0.15, 0.2) is 12.1 Å². The molecule has 1 heterocycles. The summed E-state index contributed by atoms with van der Waals surface area (Å²) in [7, 11) is 1.65. The Balaban J connectivity index is 2.02. The number of carbonyl (C=O) groups excluding carboxylic acids is 2. The van der Waals surface area contributed by atoms with Gasteiger partial charge in [0, 0.05) is 38.2 Å². The molecule has 5 heteroatoms. The average molecular weight is 360 g/mol. The van der Waals surface area contributed by atoms with Crippen molar-refractivity contribution in [3.05, 3.63) is 28.8 Å². The number of carbonyl (C=O) groups is 2. The fraction of sp³-hybridized carbons (Fsp3) is 0.619. The standard InChI is InChI=1S/C21H32N2O3/c1-15(2)11-20(24)22-7-6-8-23(10-9-22)21(25)14-18-17(4)12-16(3)13-19(18)26-5/h12-13,15H,6-11,14H2,1-5H3. The summed E-state index contributed by atoms with van der Waals surface area (Å²) in [4.78, 5) is 28.9. The zero-order chi connectivity index (χ0) is 19.3. The van der Waals surface area contributed by atoms with E-state index in [1.54, 1.807) is 7.11 Å². The van der Waals surface area contributed by atoms with Crippen molar-refractivity contribution < 1.29 is 14.3 Å². The van der Waals surface area contributed by atoms with Crippen LogP contribution in [0, 0.1) is 19.8 Å². The lowest BCUT2D eigenvalue weighted by Crippen LogP contribution is -2.38. The van der Waals surface area contributed by atoms with Gasteiger partial charge in [-0.3, -0.25) is 9.59 Å². The molecule has 2 rings (SSSR count). The molecule has 0 unspecified atom stereocenters. The molecule has 1 aliphatic heterocycles. The topological polar surface area (TPSA) is 49.9 Å². The van der Waals surface area contributed by atoms with Gasteiger partial charge in [-0.25, -0.2) is 0 Å². The van der Waals surface area contributed by atoms with Crippen LogP contribution in [0.2, 0.25) is 0 Å². The molecule has 2 amide bonds. The van der Waals surface area contributed by atoms with Crippen LogP contribution in [0.3, 0.4) is 0 Å². The van der Waals surface area contributed by atoms with Gasteiger partial charge in [0.25, 0.3) is 0 Å². The first kappa shape index (κ1) is 20.3. The zero-order valence-corrected chi connectivity index (χ0v) is 16.8. The van der Waals surface area contributed by atoms with Crippen LogP contribution in [-0.4, -0.2) is 54.9 Å². The Morgan fingerprint density at radius 1 is 1.04 bits per heavy atom. The Labute approximate surface area is 157 Å². The SMILES string of the molecule is COc1cc(C)cc(C)c1CC(=O)N1CCCN(C(=O)CC(C)C)CC1. The Bertz CT molecular complexity index is 655. The van der Waals surface area contributed by atoms with Crippen molar-refractivity contribution in [1.29, 1.82) is 0 Å². The second-order valence-electron chi connectivity index (χ2n) is 7.65. The maximum absolute atomic E-state index is 12.8. The molecular weight excluding hydrogens is 328 g/mol. The van der Waals surface area contributed by atoms with Gasteiger partial charge in [0.1, 0.15) is 5.75 Å². The van der Waals surface area contributed by atoms with Crippen LogP contribution in [0.1, 0.15) is 43.4 Å². The molecule has 1 fully saturated rings. The second-order valence-corrected chi connectivity index (χ2v) is 7.65. The summed E-state index contributed by atoms with van der Waals surface area (Å²) in [5.74, 6) is 1.44. The normalized spacial score (nSPS) is 15.2. The van der Waals surface area contributed by atoms with Crippen LogP contribution in [0.25, 0.3) is 0 Å². The molecule has 0 bridgehead atoms. The van der Waals surface area contributed by atoms with Gasteiger partial charge in [0.2, 0.25) is 11.8 Å². The molecule has 1 aliphatic rings. The molecule has 1 aromatic rings. The van der Waals surface area contributed by atoms with E-state index in [9.17, 15) is 9.59 Å². The monoisotopic (exact) mass is 360 g/mol. The summed E-state index contributed by atoms with van der Waals surface area (Å²) in [6.07, 6.45) is 1.75. The molecule has 1 aromatic carbocycles. The second kappa shape index (κ2) is 9.06. The number of nitrogens with zero attached hydrogens (tertiary/aromatic N) is 2. The fourth-order valence-corrected chi connectivity index (χ4v) is 3.52. The number of rotatable bonds is 5. The third kappa shape index (κ3) is 5.23. The van der Waals surface area contributed by atoms with E-state index >= 15 is 0 Å². The highest BCUT2D eigenvalue weighted by Gasteiger charge is 2.23. The number of hydrogen-bond acceptors (Lipinski definition) is 3. The third-order valence-electron chi connectivity index (χ3n) is 4.91. The van der Waals surface area contributed by atoms with Gasteiger partial charge in [0.05, 0.1) is 13.5 Å².